The summed E-state index contributed by atoms with van der Waals surface area (Å²) >= 11 is 2.65. The maximum Gasteiger partial charge on any atom is 0.243 e. The lowest BCUT2D eigenvalue weighted by atomic mass is 10.3. The number of rotatable bonds is 10. The molecule has 0 saturated carbocycles. The van der Waals surface area contributed by atoms with Gasteiger partial charge in [0.25, 0.3) is 0 Å². The van der Waals surface area contributed by atoms with Gasteiger partial charge in [-0.25, -0.2) is 0 Å². The summed E-state index contributed by atoms with van der Waals surface area (Å²) < 4.78 is 5.80. The first-order chi connectivity index (χ1) is 13.0. The lowest BCUT2D eigenvalue weighted by Crippen LogP contribution is -2.35. The van der Waals surface area contributed by atoms with E-state index in [0.29, 0.717) is 27.5 Å². The number of benzene rings is 1. The summed E-state index contributed by atoms with van der Waals surface area (Å²) in [6, 6.07) is 7.03. The molecule has 0 radical (unpaired) electrons. The molecule has 1 heterocycles. The number of nitrogens with zero attached hydrogens (tertiary/aromatic N) is 3. The number of ether oxygens (including phenoxy) is 1. The van der Waals surface area contributed by atoms with Crippen molar-refractivity contribution in [2.75, 3.05) is 43.6 Å². The van der Waals surface area contributed by atoms with E-state index in [2.05, 4.69) is 27.4 Å². The van der Waals surface area contributed by atoms with Gasteiger partial charge in [-0.15, -0.1) is 16.8 Å². The van der Waals surface area contributed by atoms with Gasteiger partial charge in [0.2, 0.25) is 16.9 Å². The highest BCUT2D eigenvalue weighted by atomic mass is 32.2. The van der Waals surface area contributed by atoms with Crippen LogP contribution in [0.5, 0.6) is 5.75 Å². The van der Waals surface area contributed by atoms with Crippen LogP contribution >= 0.6 is 23.1 Å². The van der Waals surface area contributed by atoms with E-state index in [0.717, 1.165) is 0 Å². The number of carbonyl (C=O) groups is 2. The molecule has 0 fully saturated rings. The third-order valence-electron chi connectivity index (χ3n) is 3.28. The Bertz CT molecular complexity index is 796. The Morgan fingerprint density at radius 2 is 2.22 bits per heavy atom. The van der Waals surface area contributed by atoms with Crippen LogP contribution < -0.4 is 15.4 Å². The second kappa shape index (κ2) is 10.5. The van der Waals surface area contributed by atoms with Crippen molar-refractivity contribution in [3.63, 3.8) is 0 Å². The largest absolute Gasteiger partial charge is 0.497 e. The molecule has 8 nitrogen and oxygen atoms in total. The Kier molecular flexibility index (Phi) is 8.08. The molecule has 0 atom stereocenters. The Morgan fingerprint density at radius 3 is 2.96 bits per heavy atom. The lowest BCUT2D eigenvalue weighted by Gasteiger charge is -2.16. The number of carbonyl (C=O) groups excluding carboxylic acids is 2. The van der Waals surface area contributed by atoms with Gasteiger partial charge in [-0.3, -0.25) is 9.59 Å². The molecule has 0 saturated heterocycles. The van der Waals surface area contributed by atoms with Gasteiger partial charge in [-0.2, -0.15) is 0 Å². The van der Waals surface area contributed by atoms with Crippen LogP contribution in [0.4, 0.5) is 10.8 Å². The highest BCUT2D eigenvalue weighted by molar-refractivity contribution is 8.01. The fraction of sp³-hybridized carbons (Fsp3) is 0.294. The van der Waals surface area contributed by atoms with Crippen LogP contribution in [-0.4, -0.2) is 59.9 Å². The molecule has 2 rings (SSSR count). The molecule has 1 aromatic carbocycles. The monoisotopic (exact) mass is 407 g/mol. The second-order valence-corrected chi connectivity index (χ2v) is 7.56. The molecule has 10 heteroatoms. The first kappa shape index (κ1) is 20.7. The Morgan fingerprint density at radius 1 is 1.41 bits per heavy atom. The summed E-state index contributed by atoms with van der Waals surface area (Å²) in [4.78, 5) is 25.7. The summed E-state index contributed by atoms with van der Waals surface area (Å²) in [7, 11) is 3.15. The first-order valence-electron chi connectivity index (χ1n) is 8.00. The zero-order chi connectivity index (χ0) is 19.6. The van der Waals surface area contributed by atoms with Gasteiger partial charge < -0.3 is 20.3 Å². The average molecular weight is 408 g/mol. The van der Waals surface area contributed by atoms with Crippen molar-refractivity contribution >= 4 is 45.7 Å². The minimum atomic E-state index is -0.282. The maximum absolute atomic E-state index is 12.2. The van der Waals surface area contributed by atoms with Gasteiger partial charge >= 0.3 is 0 Å². The van der Waals surface area contributed by atoms with E-state index in [9.17, 15) is 9.59 Å². The van der Waals surface area contributed by atoms with Gasteiger partial charge in [0, 0.05) is 25.3 Å². The molecule has 0 aliphatic heterocycles. The van der Waals surface area contributed by atoms with Crippen molar-refractivity contribution < 1.29 is 14.3 Å². The van der Waals surface area contributed by atoms with Crippen LogP contribution in [0.25, 0.3) is 0 Å². The molecule has 2 N–H and O–H groups in total. The van der Waals surface area contributed by atoms with Gasteiger partial charge in [0.05, 0.1) is 19.4 Å². The molecular formula is C17H21N5O3S2. The van der Waals surface area contributed by atoms with Crippen LogP contribution in [0.1, 0.15) is 0 Å². The number of thioether (sulfide) groups is 1. The van der Waals surface area contributed by atoms with Crippen molar-refractivity contribution in [3.05, 3.63) is 36.9 Å². The number of amides is 2. The first-order valence-corrected chi connectivity index (χ1v) is 9.81. The van der Waals surface area contributed by atoms with E-state index in [-0.39, 0.29) is 24.1 Å². The molecule has 0 aliphatic carbocycles. The lowest BCUT2D eigenvalue weighted by molar-refractivity contribution is -0.131. The van der Waals surface area contributed by atoms with Crippen LogP contribution in [0, 0.1) is 0 Å². The highest BCUT2D eigenvalue weighted by Gasteiger charge is 2.15. The predicted molar refractivity (Wildman–Crippen MR) is 109 cm³/mol. The van der Waals surface area contributed by atoms with Gasteiger partial charge in [0.1, 0.15) is 5.75 Å². The average Bonchev–Trinajstić information content (AvgIpc) is 3.12. The molecule has 1 aromatic heterocycles. The highest BCUT2D eigenvalue weighted by Crippen LogP contribution is 2.25. The molecule has 0 spiro atoms. The summed E-state index contributed by atoms with van der Waals surface area (Å²) in [5, 5.41) is 14.4. The third-order valence-corrected chi connectivity index (χ3v) is 5.28. The van der Waals surface area contributed by atoms with E-state index in [1.807, 2.05) is 0 Å². The molecular weight excluding hydrogens is 386 g/mol. The summed E-state index contributed by atoms with van der Waals surface area (Å²) in [6.45, 7) is 4.18. The topological polar surface area (TPSA) is 96.5 Å². The zero-order valence-electron chi connectivity index (χ0n) is 15.1. The number of likely N-dealkylation sites (N-methyl/N-ethyl adjacent to an activating group) is 1. The normalized spacial score (nSPS) is 10.1. The standard InChI is InChI=1S/C17H21N5O3S2/c1-4-8-18-16-20-21-17(27-16)26-11-15(24)22(2)10-14(23)19-12-6-5-7-13(9-12)25-3/h4-7,9H,1,8,10-11H2,2-3H3,(H,18,20)(H,19,23). The molecule has 2 amide bonds. The number of hydrogen-bond acceptors (Lipinski definition) is 8. The SMILES string of the molecule is C=CCNc1nnc(SCC(=O)N(C)CC(=O)Nc2cccc(OC)c2)s1. The summed E-state index contributed by atoms with van der Waals surface area (Å²) in [5.74, 6) is 0.374. The Hall–Kier alpha value is -2.59. The van der Waals surface area contributed by atoms with Crippen molar-refractivity contribution in [2.45, 2.75) is 4.34 Å². The smallest absolute Gasteiger partial charge is 0.243 e. The predicted octanol–water partition coefficient (Wildman–Crippen LogP) is 2.33. The van der Waals surface area contributed by atoms with Crippen LogP contribution in [-0.2, 0) is 9.59 Å². The van der Waals surface area contributed by atoms with Crippen LogP contribution in [0.3, 0.4) is 0 Å². The quantitative estimate of drug-likeness (QED) is 0.461. The number of anilines is 2. The number of hydrogen-bond donors (Lipinski definition) is 2. The van der Waals surface area contributed by atoms with Gasteiger partial charge in [-0.05, 0) is 12.1 Å². The van der Waals surface area contributed by atoms with E-state index >= 15 is 0 Å². The zero-order valence-corrected chi connectivity index (χ0v) is 16.7. The molecule has 144 valence electrons. The second-order valence-electron chi connectivity index (χ2n) is 5.36. The van der Waals surface area contributed by atoms with Crippen molar-refractivity contribution in [2.24, 2.45) is 0 Å². The van der Waals surface area contributed by atoms with Gasteiger partial charge in [-0.1, -0.05) is 35.2 Å². The van der Waals surface area contributed by atoms with E-state index in [4.69, 9.17) is 4.74 Å². The summed E-state index contributed by atoms with van der Waals surface area (Å²) in [6.07, 6.45) is 1.73. The molecule has 0 bridgehead atoms. The van der Waals surface area contributed by atoms with Gasteiger partial charge in [0.15, 0.2) is 4.34 Å². The van der Waals surface area contributed by atoms with Crippen molar-refractivity contribution in [1.29, 1.82) is 0 Å². The molecule has 27 heavy (non-hydrogen) atoms. The molecule has 0 aliphatic rings. The van der Waals surface area contributed by atoms with E-state index in [1.54, 1.807) is 44.5 Å². The fourth-order valence-electron chi connectivity index (χ4n) is 1.94. The third kappa shape index (κ3) is 6.91. The Balaban J connectivity index is 1.77. The number of methoxy groups -OCH3 is 1. The number of nitrogens with one attached hydrogen (secondary N) is 2. The van der Waals surface area contributed by atoms with Crippen molar-refractivity contribution in [3.8, 4) is 5.75 Å². The van der Waals surface area contributed by atoms with Crippen LogP contribution in [0.15, 0.2) is 41.3 Å². The summed E-state index contributed by atoms with van der Waals surface area (Å²) in [5.41, 5.74) is 0.614. The molecule has 2 aromatic rings. The van der Waals surface area contributed by atoms with Crippen LogP contribution in [0.2, 0.25) is 0 Å². The fourth-order valence-corrected chi connectivity index (χ4v) is 3.64. The minimum Gasteiger partial charge on any atom is -0.497 e. The van der Waals surface area contributed by atoms with Crippen molar-refractivity contribution in [1.82, 2.24) is 15.1 Å². The molecule has 0 unspecified atom stereocenters. The number of aromatic nitrogens is 2. The van der Waals surface area contributed by atoms with E-state index < -0.39 is 0 Å². The van der Waals surface area contributed by atoms with E-state index in [1.165, 1.54) is 28.0 Å². The maximum atomic E-state index is 12.2. The Labute approximate surface area is 166 Å². The minimum absolute atomic E-state index is 0.0428.